The van der Waals surface area contributed by atoms with E-state index in [1.165, 1.54) is 0 Å². The summed E-state index contributed by atoms with van der Waals surface area (Å²) < 4.78 is 5.33. The molecular weight excluding hydrogens is 378 g/mol. The number of aryl methyl sites for hydroxylation is 2. The molecule has 5 heteroatoms. The van der Waals surface area contributed by atoms with E-state index in [1.54, 1.807) is 24.3 Å². The summed E-state index contributed by atoms with van der Waals surface area (Å²) in [6, 6.07) is 12.5. The molecule has 0 N–H and O–H groups in total. The monoisotopic (exact) mass is 407 g/mol. The van der Waals surface area contributed by atoms with Gasteiger partial charge in [0.2, 0.25) is 0 Å². The molecule has 1 saturated heterocycles. The van der Waals surface area contributed by atoms with Crippen molar-refractivity contribution in [3.8, 4) is 0 Å². The largest absolute Gasteiger partial charge is 0.452 e. The van der Waals surface area contributed by atoms with Gasteiger partial charge in [-0.1, -0.05) is 42.8 Å². The van der Waals surface area contributed by atoms with Crippen molar-refractivity contribution < 1.29 is 19.1 Å². The summed E-state index contributed by atoms with van der Waals surface area (Å²) in [6.45, 7) is 6.26. The summed E-state index contributed by atoms with van der Waals surface area (Å²) in [5.74, 6) is -1.05. The van der Waals surface area contributed by atoms with Crippen LogP contribution in [0.15, 0.2) is 42.5 Å². The Kier molecular flexibility index (Phi) is 7.03. The lowest BCUT2D eigenvalue weighted by molar-refractivity contribution is -0.138. The van der Waals surface area contributed by atoms with E-state index in [0.717, 1.165) is 36.8 Å². The van der Waals surface area contributed by atoms with Crippen molar-refractivity contribution in [2.24, 2.45) is 0 Å². The lowest BCUT2D eigenvalue weighted by atomic mass is 9.94. The predicted molar refractivity (Wildman–Crippen MR) is 116 cm³/mol. The molecule has 0 aliphatic carbocycles. The third kappa shape index (κ3) is 4.78. The SMILES string of the molecule is CC[C@H]1CCCCN1C(=O)COC(=O)c1ccccc1C(=O)c1cc(C)ccc1C. The van der Waals surface area contributed by atoms with Crippen LogP contribution in [-0.2, 0) is 9.53 Å². The number of amides is 1. The molecule has 30 heavy (non-hydrogen) atoms. The Hall–Kier alpha value is -2.95. The minimum atomic E-state index is -0.650. The average molecular weight is 408 g/mol. The Morgan fingerprint density at radius 1 is 1.00 bits per heavy atom. The van der Waals surface area contributed by atoms with Gasteiger partial charge in [0, 0.05) is 23.7 Å². The number of hydrogen-bond donors (Lipinski definition) is 0. The molecule has 0 radical (unpaired) electrons. The quantitative estimate of drug-likeness (QED) is 0.523. The van der Waals surface area contributed by atoms with Crippen molar-refractivity contribution in [1.82, 2.24) is 4.90 Å². The van der Waals surface area contributed by atoms with Gasteiger partial charge in [-0.15, -0.1) is 0 Å². The molecule has 158 valence electrons. The predicted octanol–water partition coefficient (Wildman–Crippen LogP) is 4.48. The van der Waals surface area contributed by atoms with Gasteiger partial charge in [-0.25, -0.2) is 4.79 Å². The molecule has 0 saturated carbocycles. The molecule has 0 aromatic heterocycles. The first-order chi connectivity index (χ1) is 14.4. The van der Waals surface area contributed by atoms with Crippen molar-refractivity contribution in [3.63, 3.8) is 0 Å². The molecule has 1 aliphatic heterocycles. The number of hydrogen-bond acceptors (Lipinski definition) is 4. The van der Waals surface area contributed by atoms with Crippen molar-refractivity contribution >= 4 is 17.7 Å². The van der Waals surface area contributed by atoms with Crippen LogP contribution < -0.4 is 0 Å². The van der Waals surface area contributed by atoms with E-state index in [1.807, 2.05) is 36.9 Å². The number of piperidine rings is 1. The summed E-state index contributed by atoms with van der Waals surface area (Å²) in [7, 11) is 0. The molecule has 1 fully saturated rings. The first kappa shape index (κ1) is 21.8. The van der Waals surface area contributed by atoms with Gasteiger partial charge in [0.25, 0.3) is 5.91 Å². The molecule has 2 aromatic rings. The topological polar surface area (TPSA) is 63.7 Å². The number of ketones is 1. The van der Waals surface area contributed by atoms with Crippen molar-refractivity contribution in [2.45, 2.75) is 52.5 Å². The van der Waals surface area contributed by atoms with Gasteiger partial charge in [0.05, 0.1) is 5.56 Å². The summed E-state index contributed by atoms with van der Waals surface area (Å²) in [6.07, 6.45) is 3.98. The van der Waals surface area contributed by atoms with E-state index in [4.69, 9.17) is 4.74 Å². The van der Waals surface area contributed by atoms with E-state index in [-0.39, 0.29) is 35.5 Å². The van der Waals surface area contributed by atoms with Crippen LogP contribution in [0, 0.1) is 13.8 Å². The summed E-state index contributed by atoms with van der Waals surface area (Å²) >= 11 is 0. The standard InChI is InChI=1S/C25H29NO4/c1-4-19-9-7-8-14-26(19)23(27)16-30-25(29)21-11-6-5-10-20(21)24(28)22-15-17(2)12-13-18(22)3/h5-6,10-13,15,19H,4,7-9,14,16H2,1-3H3/t19-/m0/s1. The highest BCUT2D eigenvalue weighted by Gasteiger charge is 2.27. The molecule has 0 spiro atoms. The number of ether oxygens (including phenoxy) is 1. The van der Waals surface area contributed by atoms with Gasteiger partial charge in [-0.05, 0) is 57.2 Å². The maximum absolute atomic E-state index is 13.1. The number of rotatable bonds is 6. The maximum Gasteiger partial charge on any atom is 0.339 e. The molecule has 1 atom stereocenters. The second-order valence-corrected chi connectivity index (χ2v) is 7.91. The van der Waals surface area contributed by atoms with Gasteiger partial charge in [-0.3, -0.25) is 9.59 Å². The third-order valence-corrected chi connectivity index (χ3v) is 5.77. The Balaban J connectivity index is 1.75. The Bertz CT molecular complexity index is 950. The molecule has 2 aromatic carbocycles. The smallest absolute Gasteiger partial charge is 0.339 e. The number of likely N-dealkylation sites (tertiary alicyclic amines) is 1. The highest BCUT2D eigenvalue weighted by atomic mass is 16.5. The molecular formula is C25H29NO4. The highest BCUT2D eigenvalue weighted by Crippen LogP contribution is 2.21. The average Bonchev–Trinajstić information content (AvgIpc) is 2.78. The van der Waals surface area contributed by atoms with Crippen LogP contribution in [0.25, 0.3) is 0 Å². The van der Waals surface area contributed by atoms with Crippen LogP contribution in [0.1, 0.15) is 70.0 Å². The van der Waals surface area contributed by atoms with Crippen molar-refractivity contribution in [1.29, 1.82) is 0 Å². The normalized spacial score (nSPS) is 16.2. The fourth-order valence-electron chi connectivity index (χ4n) is 4.03. The Labute approximate surface area is 178 Å². The van der Waals surface area contributed by atoms with Gasteiger partial charge >= 0.3 is 5.97 Å². The first-order valence-corrected chi connectivity index (χ1v) is 10.6. The van der Waals surface area contributed by atoms with Crippen LogP contribution in [0.3, 0.4) is 0 Å². The Morgan fingerprint density at radius 3 is 2.47 bits per heavy atom. The van der Waals surface area contributed by atoms with Crippen LogP contribution in [0.4, 0.5) is 0 Å². The zero-order valence-electron chi connectivity index (χ0n) is 17.9. The number of esters is 1. The number of carbonyl (C=O) groups excluding carboxylic acids is 3. The van der Waals surface area contributed by atoms with Crippen LogP contribution >= 0.6 is 0 Å². The van der Waals surface area contributed by atoms with Gasteiger partial charge in [0.15, 0.2) is 12.4 Å². The van der Waals surface area contributed by atoms with Gasteiger partial charge < -0.3 is 9.64 Å². The van der Waals surface area contributed by atoms with E-state index < -0.39 is 5.97 Å². The third-order valence-electron chi connectivity index (χ3n) is 5.77. The molecule has 3 rings (SSSR count). The molecule has 5 nitrogen and oxygen atoms in total. The number of nitrogens with zero attached hydrogens (tertiary/aromatic N) is 1. The van der Waals surface area contributed by atoms with E-state index in [9.17, 15) is 14.4 Å². The van der Waals surface area contributed by atoms with E-state index in [2.05, 4.69) is 6.92 Å². The second kappa shape index (κ2) is 9.70. The maximum atomic E-state index is 13.1. The van der Waals surface area contributed by atoms with Crippen molar-refractivity contribution in [3.05, 3.63) is 70.3 Å². The molecule has 1 heterocycles. The number of carbonyl (C=O) groups is 3. The van der Waals surface area contributed by atoms with Crippen molar-refractivity contribution in [2.75, 3.05) is 13.2 Å². The molecule has 0 unspecified atom stereocenters. The zero-order valence-corrected chi connectivity index (χ0v) is 17.9. The number of benzene rings is 2. The lowest BCUT2D eigenvalue weighted by Crippen LogP contribution is -2.45. The molecule has 1 amide bonds. The van der Waals surface area contributed by atoms with E-state index >= 15 is 0 Å². The van der Waals surface area contributed by atoms with Gasteiger partial charge in [-0.2, -0.15) is 0 Å². The van der Waals surface area contributed by atoms with E-state index in [0.29, 0.717) is 12.1 Å². The van der Waals surface area contributed by atoms with Crippen LogP contribution in [0.5, 0.6) is 0 Å². The second-order valence-electron chi connectivity index (χ2n) is 7.91. The summed E-state index contributed by atoms with van der Waals surface area (Å²) in [5, 5.41) is 0. The minimum Gasteiger partial charge on any atom is -0.452 e. The summed E-state index contributed by atoms with van der Waals surface area (Å²) in [4.78, 5) is 40.3. The van der Waals surface area contributed by atoms with Gasteiger partial charge in [0.1, 0.15) is 0 Å². The summed E-state index contributed by atoms with van der Waals surface area (Å²) in [5.41, 5.74) is 2.85. The first-order valence-electron chi connectivity index (χ1n) is 10.6. The highest BCUT2D eigenvalue weighted by molar-refractivity contribution is 6.15. The zero-order chi connectivity index (χ0) is 21.7. The van der Waals surface area contributed by atoms with Crippen LogP contribution in [0.2, 0.25) is 0 Å². The minimum absolute atomic E-state index is 0.173. The lowest BCUT2D eigenvalue weighted by Gasteiger charge is -2.35. The fourth-order valence-corrected chi connectivity index (χ4v) is 4.03. The van der Waals surface area contributed by atoms with Crippen LogP contribution in [-0.4, -0.2) is 41.8 Å². The molecule has 0 bridgehead atoms. The fraction of sp³-hybridized carbons (Fsp3) is 0.400. The Morgan fingerprint density at radius 2 is 1.73 bits per heavy atom. The molecule has 1 aliphatic rings.